The van der Waals surface area contributed by atoms with Crippen LogP contribution in [0.1, 0.15) is 12.5 Å². The molecule has 102 valence electrons. The van der Waals surface area contributed by atoms with Gasteiger partial charge in [-0.05, 0) is 40.5 Å². The van der Waals surface area contributed by atoms with Crippen molar-refractivity contribution >= 4 is 28.0 Å². The van der Waals surface area contributed by atoms with E-state index in [-0.39, 0.29) is 0 Å². The summed E-state index contributed by atoms with van der Waals surface area (Å²) in [5.74, 6) is 0.302. The highest BCUT2D eigenvalue weighted by Crippen LogP contribution is 2.36. The fourth-order valence-corrected chi connectivity index (χ4v) is 2.00. The number of carboxylic acid groups (broad SMARTS) is 1. The zero-order valence-corrected chi connectivity index (χ0v) is 12.3. The SMILES string of the molecule is CCOc1c(Br)cc(C=CC=CC(=O)O)cc1OC. The summed E-state index contributed by atoms with van der Waals surface area (Å²) in [5.41, 5.74) is 0.877. The predicted molar refractivity (Wildman–Crippen MR) is 77.7 cm³/mol. The molecule has 0 saturated carbocycles. The molecule has 0 bridgehead atoms. The van der Waals surface area contributed by atoms with Gasteiger partial charge in [-0.1, -0.05) is 18.2 Å². The van der Waals surface area contributed by atoms with Crippen LogP contribution in [0.4, 0.5) is 0 Å². The first-order valence-electron chi connectivity index (χ1n) is 5.66. The highest BCUT2D eigenvalue weighted by atomic mass is 79.9. The molecule has 0 atom stereocenters. The van der Waals surface area contributed by atoms with Crippen LogP contribution >= 0.6 is 15.9 Å². The summed E-state index contributed by atoms with van der Waals surface area (Å²) in [6.45, 7) is 2.45. The van der Waals surface area contributed by atoms with E-state index >= 15 is 0 Å². The van der Waals surface area contributed by atoms with Crippen LogP contribution < -0.4 is 9.47 Å². The molecular weight excluding hydrogens is 312 g/mol. The molecule has 0 aliphatic heterocycles. The van der Waals surface area contributed by atoms with E-state index < -0.39 is 5.97 Å². The van der Waals surface area contributed by atoms with E-state index in [9.17, 15) is 4.79 Å². The van der Waals surface area contributed by atoms with Crippen molar-refractivity contribution in [1.82, 2.24) is 0 Å². The summed E-state index contributed by atoms with van der Waals surface area (Å²) in [6.07, 6.45) is 5.95. The number of methoxy groups -OCH3 is 1. The van der Waals surface area contributed by atoms with Crippen molar-refractivity contribution in [3.63, 3.8) is 0 Å². The van der Waals surface area contributed by atoms with Crippen LogP contribution in [0.2, 0.25) is 0 Å². The number of carboxylic acids is 1. The summed E-state index contributed by atoms with van der Waals surface area (Å²) in [5, 5.41) is 8.47. The summed E-state index contributed by atoms with van der Waals surface area (Å²) in [4.78, 5) is 10.3. The van der Waals surface area contributed by atoms with Crippen LogP contribution in [-0.4, -0.2) is 24.8 Å². The number of allylic oxidation sites excluding steroid dienone is 2. The molecule has 1 rings (SSSR count). The maximum absolute atomic E-state index is 10.3. The molecule has 0 unspecified atom stereocenters. The maximum Gasteiger partial charge on any atom is 0.328 e. The number of benzene rings is 1. The van der Waals surface area contributed by atoms with Crippen molar-refractivity contribution in [1.29, 1.82) is 0 Å². The lowest BCUT2D eigenvalue weighted by atomic mass is 10.2. The van der Waals surface area contributed by atoms with E-state index in [4.69, 9.17) is 14.6 Å². The van der Waals surface area contributed by atoms with Gasteiger partial charge in [0.2, 0.25) is 0 Å². The summed E-state index contributed by atoms with van der Waals surface area (Å²) >= 11 is 3.42. The first-order chi connectivity index (χ1) is 9.08. The van der Waals surface area contributed by atoms with E-state index in [1.165, 1.54) is 6.08 Å². The molecule has 0 spiro atoms. The van der Waals surface area contributed by atoms with E-state index in [1.807, 2.05) is 19.1 Å². The standard InChI is InChI=1S/C14H15BrO4/c1-3-19-14-11(15)8-10(9-12(14)18-2)6-4-5-7-13(16)17/h4-9H,3H2,1-2H3,(H,16,17). The lowest BCUT2D eigenvalue weighted by Gasteiger charge is -2.12. The Morgan fingerprint density at radius 2 is 2.16 bits per heavy atom. The number of halogens is 1. The van der Waals surface area contributed by atoms with Crippen molar-refractivity contribution in [3.8, 4) is 11.5 Å². The highest BCUT2D eigenvalue weighted by molar-refractivity contribution is 9.10. The molecule has 0 fully saturated rings. The van der Waals surface area contributed by atoms with Crippen LogP contribution in [0.25, 0.3) is 6.08 Å². The van der Waals surface area contributed by atoms with Gasteiger partial charge < -0.3 is 14.6 Å². The van der Waals surface area contributed by atoms with Crippen LogP contribution in [0, 0.1) is 0 Å². The maximum atomic E-state index is 10.3. The molecule has 0 aliphatic rings. The third kappa shape index (κ3) is 4.79. The number of ether oxygens (including phenoxy) is 2. The zero-order valence-electron chi connectivity index (χ0n) is 10.7. The number of aliphatic carboxylic acids is 1. The third-order valence-corrected chi connectivity index (χ3v) is 2.77. The Morgan fingerprint density at radius 1 is 1.42 bits per heavy atom. The van der Waals surface area contributed by atoms with Crippen LogP contribution in [0.3, 0.4) is 0 Å². The van der Waals surface area contributed by atoms with Gasteiger partial charge in [0.25, 0.3) is 0 Å². The zero-order chi connectivity index (χ0) is 14.3. The quantitative estimate of drug-likeness (QED) is 0.642. The third-order valence-electron chi connectivity index (χ3n) is 2.18. The van der Waals surface area contributed by atoms with Crippen molar-refractivity contribution in [2.24, 2.45) is 0 Å². The Balaban J connectivity index is 2.98. The molecule has 19 heavy (non-hydrogen) atoms. The van der Waals surface area contributed by atoms with Crippen LogP contribution in [0.15, 0.2) is 34.8 Å². The van der Waals surface area contributed by atoms with Crippen LogP contribution in [-0.2, 0) is 4.79 Å². The summed E-state index contributed by atoms with van der Waals surface area (Å²) in [6, 6.07) is 3.69. The second-order valence-corrected chi connectivity index (χ2v) is 4.38. The largest absolute Gasteiger partial charge is 0.493 e. The van der Waals surface area contributed by atoms with Gasteiger partial charge in [0.15, 0.2) is 11.5 Å². The van der Waals surface area contributed by atoms with E-state index in [2.05, 4.69) is 15.9 Å². The Morgan fingerprint density at radius 3 is 2.74 bits per heavy atom. The second-order valence-electron chi connectivity index (χ2n) is 3.52. The van der Waals surface area contributed by atoms with Crippen molar-refractivity contribution in [3.05, 3.63) is 40.4 Å². The summed E-state index contributed by atoms with van der Waals surface area (Å²) in [7, 11) is 1.57. The molecule has 0 heterocycles. The topological polar surface area (TPSA) is 55.8 Å². The Kier molecular flexibility index (Phi) is 6.15. The first-order valence-corrected chi connectivity index (χ1v) is 6.45. The van der Waals surface area contributed by atoms with Gasteiger partial charge in [0.05, 0.1) is 18.2 Å². The van der Waals surface area contributed by atoms with E-state index in [0.717, 1.165) is 16.1 Å². The van der Waals surface area contributed by atoms with Gasteiger partial charge in [-0.15, -0.1) is 0 Å². The van der Waals surface area contributed by atoms with Gasteiger partial charge in [-0.25, -0.2) is 4.79 Å². The normalized spacial score (nSPS) is 11.1. The van der Waals surface area contributed by atoms with Gasteiger partial charge in [0.1, 0.15) is 0 Å². The minimum atomic E-state index is -0.977. The van der Waals surface area contributed by atoms with Crippen molar-refractivity contribution in [2.75, 3.05) is 13.7 Å². The number of rotatable bonds is 6. The molecule has 0 radical (unpaired) electrons. The van der Waals surface area contributed by atoms with E-state index in [1.54, 1.807) is 19.3 Å². The molecule has 1 aromatic carbocycles. The van der Waals surface area contributed by atoms with Gasteiger partial charge >= 0.3 is 5.97 Å². The lowest BCUT2D eigenvalue weighted by Crippen LogP contribution is -1.96. The predicted octanol–water partition coefficient (Wildman–Crippen LogP) is 3.51. The number of hydrogen-bond donors (Lipinski definition) is 1. The smallest absolute Gasteiger partial charge is 0.328 e. The van der Waals surface area contributed by atoms with Crippen molar-refractivity contribution in [2.45, 2.75) is 6.92 Å². The molecule has 5 heteroatoms. The Hall–Kier alpha value is -1.75. The van der Waals surface area contributed by atoms with Gasteiger partial charge in [-0.3, -0.25) is 0 Å². The Bertz CT molecular complexity index is 506. The minimum Gasteiger partial charge on any atom is -0.493 e. The monoisotopic (exact) mass is 326 g/mol. The van der Waals surface area contributed by atoms with E-state index in [0.29, 0.717) is 18.1 Å². The molecule has 1 N–H and O–H groups in total. The average molecular weight is 327 g/mol. The fourth-order valence-electron chi connectivity index (χ4n) is 1.42. The first kappa shape index (κ1) is 15.3. The molecule has 4 nitrogen and oxygen atoms in total. The Labute approximate surface area is 120 Å². The van der Waals surface area contributed by atoms with Crippen molar-refractivity contribution < 1.29 is 19.4 Å². The van der Waals surface area contributed by atoms with Gasteiger partial charge in [0, 0.05) is 6.08 Å². The molecular formula is C14H15BrO4. The minimum absolute atomic E-state index is 0.547. The molecule has 1 aromatic rings. The number of carbonyl (C=O) groups is 1. The molecule has 0 saturated heterocycles. The lowest BCUT2D eigenvalue weighted by molar-refractivity contribution is -0.131. The average Bonchev–Trinajstić information content (AvgIpc) is 2.37. The number of hydrogen-bond acceptors (Lipinski definition) is 3. The highest BCUT2D eigenvalue weighted by Gasteiger charge is 2.09. The molecule has 0 aromatic heterocycles. The molecule has 0 aliphatic carbocycles. The van der Waals surface area contributed by atoms with Crippen LogP contribution in [0.5, 0.6) is 11.5 Å². The fraction of sp³-hybridized carbons (Fsp3) is 0.214. The molecule has 0 amide bonds. The van der Waals surface area contributed by atoms with Gasteiger partial charge in [-0.2, -0.15) is 0 Å². The summed E-state index contributed by atoms with van der Waals surface area (Å²) < 4.78 is 11.5. The second kappa shape index (κ2) is 7.63.